The molecular formula is C12H16Cl3NO5S. The molecule has 6 nitrogen and oxygen atoms in total. The van der Waals surface area contributed by atoms with Crippen LogP contribution in [0.15, 0.2) is 29.2 Å². The molecule has 1 aromatic carbocycles. The number of hydrogen-bond acceptors (Lipinski definition) is 5. The van der Waals surface area contributed by atoms with Crippen molar-refractivity contribution < 1.29 is 23.4 Å². The van der Waals surface area contributed by atoms with E-state index in [0.717, 1.165) is 6.26 Å². The zero-order chi connectivity index (χ0) is 16.2. The van der Waals surface area contributed by atoms with E-state index in [0.29, 0.717) is 5.56 Å². The largest absolute Gasteiger partial charge is 0.394 e. The summed E-state index contributed by atoms with van der Waals surface area (Å²) in [6.07, 6.45) is -0.171. The third-order valence-electron chi connectivity index (χ3n) is 2.75. The average Bonchev–Trinajstić information content (AvgIpc) is 2.42. The lowest BCUT2D eigenvalue weighted by Crippen LogP contribution is -2.44. The van der Waals surface area contributed by atoms with Crippen molar-refractivity contribution in [3.63, 3.8) is 0 Å². The molecule has 22 heavy (non-hydrogen) atoms. The van der Waals surface area contributed by atoms with Gasteiger partial charge >= 0.3 is 0 Å². The fraction of sp³-hybridized carbons (Fsp3) is 0.417. The molecule has 10 heteroatoms. The lowest BCUT2D eigenvalue weighted by molar-refractivity contribution is -0.121. The molecule has 0 radical (unpaired) electrons. The van der Waals surface area contributed by atoms with Crippen LogP contribution in [0.5, 0.6) is 0 Å². The molecule has 0 bridgehead atoms. The fourth-order valence-electron chi connectivity index (χ4n) is 1.61. The van der Waals surface area contributed by atoms with Crippen molar-refractivity contribution in [2.24, 2.45) is 0 Å². The topological polar surface area (TPSA) is 104 Å². The maximum absolute atomic E-state index is 11.4. The number of benzene rings is 1. The maximum atomic E-state index is 11.4. The van der Waals surface area contributed by atoms with Crippen molar-refractivity contribution in [3.05, 3.63) is 29.8 Å². The van der Waals surface area contributed by atoms with Crippen molar-refractivity contribution in [1.29, 1.82) is 0 Å². The Bertz CT molecular complexity index is 591. The van der Waals surface area contributed by atoms with E-state index in [1.165, 1.54) is 24.3 Å². The number of sulfone groups is 1. The monoisotopic (exact) mass is 391 g/mol. The van der Waals surface area contributed by atoms with Crippen LogP contribution in [0.4, 0.5) is 0 Å². The summed E-state index contributed by atoms with van der Waals surface area (Å²) < 4.78 is 22.7. The molecule has 2 atom stereocenters. The Kier molecular flexibility index (Phi) is 8.67. The van der Waals surface area contributed by atoms with Gasteiger partial charge in [-0.05, 0) is 17.7 Å². The number of alkyl halides is 2. The highest BCUT2D eigenvalue weighted by Gasteiger charge is 2.24. The summed E-state index contributed by atoms with van der Waals surface area (Å²) in [5.74, 6) is -0.746. The van der Waals surface area contributed by atoms with Gasteiger partial charge in [0.05, 0.1) is 17.5 Å². The number of halogens is 3. The molecule has 0 spiro atoms. The molecule has 3 N–H and O–H groups in total. The molecule has 0 saturated heterocycles. The zero-order valence-electron chi connectivity index (χ0n) is 11.4. The van der Waals surface area contributed by atoms with Crippen molar-refractivity contribution >= 4 is 51.4 Å². The van der Waals surface area contributed by atoms with E-state index < -0.39 is 39.3 Å². The molecule has 1 aromatic rings. The summed E-state index contributed by atoms with van der Waals surface area (Å²) >= 11 is 10.7. The molecule has 1 rings (SSSR count). The molecule has 0 fully saturated rings. The summed E-state index contributed by atoms with van der Waals surface area (Å²) in [7, 11) is -3.34. The Labute approximate surface area is 144 Å². The third kappa shape index (κ3) is 5.91. The zero-order valence-corrected chi connectivity index (χ0v) is 14.6. The molecule has 0 heterocycles. The van der Waals surface area contributed by atoms with Gasteiger partial charge in [-0.25, -0.2) is 8.42 Å². The molecule has 0 aliphatic heterocycles. The standard InChI is InChI=1S/C12H15Cl2NO5S.ClH/c1-21(19,20)8-4-2-7(3-5-8)10(17)9(6-16)15-12(18)11(13)14;/h2-5,9-11,16-17H,6H2,1H3,(H,15,18);1H/t9-,10-;/m1./s1. The highest BCUT2D eigenvalue weighted by atomic mass is 35.5. The van der Waals surface area contributed by atoms with Crippen LogP contribution in [0.3, 0.4) is 0 Å². The Balaban J connectivity index is 0.00000441. The summed E-state index contributed by atoms with van der Waals surface area (Å²) in [5.41, 5.74) is 0.336. The highest BCUT2D eigenvalue weighted by molar-refractivity contribution is 7.90. The molecule has 1 amide bonds. The van der Waals surface area contributed by atoms with Gasteiger partial charge in [-0.15, -0.1) is 12.4 Å². The number of hydrogen-bond donors (Lipinski definition) is 3. The minimum Gasteiger partial charge on any atom is -0.394 e. The number of carbonyl (C=O) groups is 1. The van der Waals surface area contributed by atoms with Crippen LogP contribution in [0.1, 0.15) is 11.7 Å². The van der Waals surface area contributed by atoms with E-state index in [4.69, 9.17) is 23.2 Å². The van der Waals surface area contributed by atoms with E-state index in [2.05, 4.69) is 5.32 Å². The van der Waals surface area contributed by atoms with Gasteiger partial charge in [0, 0.05) is 6.26 Å². The van der Waals surface area contributed by atoms with Crippen LogP contribution in [0.2, 0.25) is 0 Å². The highest BCUT2D eigenvalue weighted by Crippen LogP contribution is 2.20. The lowest BCUT2D eigenvalue weighted by atomic mass is 10.0. The molecule has 0 saturated carbocycles. The normalized spacial score (nSPS) is 14.1. The SMILES string of the molecule is CS(=O)(=O)c1ccc([C@@H](O)[C@@H](CO)NC(=O)C(Cl)Cl)cc1.Cl. The van der Waals surface area contributed by atoms with Crippen LogP contribution in [-0.4, -0.2) is 48.3 Å². The lowest BCUT2D eigenvalue weighted by Gasteiger charge is -2.23. The molecular weight excluding hydrogens is 377 g/mol. The van der Waals surface area contributed by atoms with Gasteiger partial charge in [0.15, 0.2) is 14.7 Å². The number of nitrogens with one attached hydrogen (secondary N) is 1. The first-order valence-corrected chi connectivity index (χ1v) is 8.60. The molecule has 0 aliphatic rings. The Hall–Kier alpha value is -0.570. The fourth-order valence-corrected chi connectivity index (χ4v) is 2.37. The first kappa shape index (κ1) is 21.4. The average molecular weight is 393 g/mol. The first-order chi connectivity index (χ1) is 9.66. The Morgan fingerprint density at radius 1 is 1.27 bits per heavy atom. The van der Waals surface area contributed by atoms with Gasteiger partial charge in [0.1, 0.15) is 6.10 Å². The Morgan fingerprint density at radius 3 is 2.14 bits per heavy atom. The van der Waals surface area contributed by atoms with Gasteiger partial charge in [-0.3, -0.25) is 4.79 Å². The minimum absolute atomic E-state index is 0. The van der Waals surface area contributed by atoms with Gasteiger partial charge < -0.3 is 15.5 Å². The first-order valence-electron chi connectivity index (χ1n) is 5.84. The molecule has 0 unspecified atom stereocenters. The van der Waals surface area contributed by atoms with E-state index in [1.54, 1.807) is 0 Å². The van der Waals surface area contributed by atoms with E-state index >= 15 is 0 Å². The number of carbonyl (C=O) groups excluding carboxylic acids is 1. The van der Waals surface area contributed by atoms with Crippen molar-refractivity contribution in [2.45, 2.75) is 21.9 Å². The second-order valence-corrected chi connectivity index (χ2v) is 7.50. The summed E-state index contributed by atoms with van der Waals surface area (Å²) in [5, 5.41) is 21.6. The van der Waals surface area contributed by atoms with Gasteiger partial charge in [-0.2, -0.15) is 0 Å². The maximum Gasteiger partial charge on any atom is 0.253 e. The summed E-state index contributed by atoms with van der Waals surface area (Å²) in [4.78, 5) is 10.1. The van der Waals surface area contributed by atoms with E-state index in [-0.39, 0.29) is 17.3 Å². The van der Waals surface area contributed by atoms with Crippen molar-refractivity contribution in [1.82, 2.24) is 5.32 Å². The number of aliphatic hydroxyl groups is 2. The number of rotatable bonds is 6. The van der Waals surface area contributed by atoms with Crippen LogP contribution in [0.25, 0.3) is 0 Å². The second kappa shape index (κ2) is 8.90. The molecule has 0 aromatic heterocycles. The van der Waals surface area contributed by atoms with E-state index in [9.17, 15) is 23.4 Å². The van der Waals surface area contributed by atoms with E-state index in [1.807, 2.05) is 0 Å². The summed E-state index contributed by atoms with van der Waals surface area (Å²) in [6, 6.07) is 4.44. The van der Waals surface area contributed by atoms with Gasteiger partial charge in [-0.1, -0.05) is 35.3 Å². The van der Waals surface area contributed by atoms with Gasteiger partial charge in [0.2, 0.25) is 0 Å². The minimum atomic E-state index is -3.34. The van der Waals surface area contributed by atoms with Crippen LogP contribution >= 0.6 is 35.6 Å². The van der Waals surface area contributed by atoms with Crippen molar-refractivity contribution in [2.75, 3.05) is 12.9 Å². The smallest absolute Gasteiger partial charge is 0.253 e. The van der Waals surface area contributed by atoms with Gasteiger partial charge in [0.25, 0.3) is 5.91 Å². The van der Waals surface area contributed by atoms with Crippen LogP contribution in [-0.2, 0) is 14.6 Å². The summed E-state index contributed by atoms with van der Waals surface area (Å²) in [6.45, 7) is -0.540. The third-order valence-corrected chi connectivity index (χ3v) is 4.28. The predicted octanol–water partition coefficient (Wildman–Crippen LogP) is 0.826. The van der Waals surface area contributed by atoms with Crippen molar-refractivity contribution in [3.8, 4) is 0 Å². The molecule has 126 valence electrons. The number of aliphatic hydroxyl groups excluding tert-OH is 2. The molecule has 0 aliphatic carbocycles. The van der Waals surface area contributed by atoms with Crippen LogP contribution in [0, 0.1) is 0 Å². The second-order valence-electron chi connectivity index (χ2n) is 4.38. The predicted molar refractivity (Wildman–Crippen MR) is 86.3 cm³/mol. The quantitative estimate of drug-likeness (QED) is 0.622. The van der Waals surface area contributed by atoms with Crippen LogP contribution < -0.4 is 5.32 Å². The number of amides is 1. The Morgan fingerprint density at radius 2 is 1.77 bits per heavy atom.